The fourth-order valence-electron chi connectivity index (χ4n) is 7.18. The van der Waals surface area contributed by atoms with Gasteiger partial charge in [-0.05, 0) is 61.2 Å². The lowest BCUT2D eigenvalue weighted by Crippen LogP contribution is -2.49. The molecular formula is C34H36F5N9O4S. The van der Waals surface area contributed by atoms with Gasteiger partial charge in [-0.3, -0.25) is 24.6 Å². The van der Waals surface area contributed by atoms with Gasteiger partial charge in [0.1, 0.15) is 0 Å². The first-order chi connectivity index (χ1) is 25.1. The van der Waals surface area contributed by atoms with Gasteiger partial charge in [-0.25, -0.2) is 32.0 Å². The van der Waals surface area contributed by atoms with Gasteiger partial charge in [0.25, 0.3) is 5.92 Å². The SMILES string of the molecule is Cn1nc(N2CCC(=O)NC2=O)c2ccc(C3CCN(Cc4cccc(S(=O)(=O)N5CCC(Nc6ncc(C(F)(F)F)cn6)CC5)c4)CC3(F)F)cc21. The molecule has 2 aromatic heterocycles. The smallest absolute Gasteiger partial charge is 0.351 e. The van der Waals surface area contributed by atoms with Crippen molar-refractivity contribution < 1.29 is 40.0 Å². The second-order valence-electron chi connectivity index (χ2n) is 13.6. The number of hydrogen-bond acceptors (Lipinski definition) is 9. The molecule has 0 radical (unpaired) electrons. The molecular weight excluding hydrogens is 725 g/mol. The van der Waals surface area contributed by atoms with Gasteiger partial charge in [-0.2, -0.15) is 22.6 Å². The van der Waals surface area contributed by atoms with Crippen molar-refractivity contribution in [2.75, 3.05) is 42.9 Å². The molecule has 13 nitrogen and oxygen atoms in total. The Bertz CT molecular complexity index is 2140. The molecule has 7 rings (SSSR count). The minimum atomic E-state index is -4.55. The average molecular weight is 762 g/mol. The molecule has 0 bridgehead atoms. The number of halogens is 5. The van der Waals surface area contributed by atoms with E-state index in [0.29, 0.717) is 59.6 Å². The summed E-state index contributed by atoms with van der Waals surface area (Å²) in [7, 11) is -2.24. The van der Waals surface area contributed by atoms with E-state index in [1.54, 1.807) is 42.3 Å². The lowest BCUT2D eigenvalue weighted by atomic mass is 9.85. The molecule has 3 aliphatic heterocycles. The standard InChI is InChI=1S/C34H36F5N9O4S/c1-45-28-16-22(5-6-26(28)30(44-45)48-14-10-29(49)43-32(48)50)27-9-11-46(20-33(27,35)36)19-21-3-2-4-25(15-21)53(51,52)47-12-7-24(8-13-47)42-31-40-17-23(18-41-31)34(37,38)39/h2-6,15-18,24,27H,7-14,19-20H2,1H3,(H,40,41,42)(H,43,49,50). The van der Waals surface area contributed by atoms with Crippen molar-refractivity contribution in [2.24, 2.45) is 7.05 Å². The van der Waals surface area contributed by atoms with E-state index < -0.39 is 46.2 Å². The second kappa shape index (κ2) is 13.9. The highest BCUT2D eigenvalue weighted by molar-refractivity contribution is 7.89. The average Bonchev–Trinajstić information content (AvgIpc) is 3.43. The summed E-state index contributed by atoms with van der Waals surface area (Å²) in [5.74, 6) is -4.18. The molecule has 5 heterocycles. The van der Waals surface area contributed by atoms with Gasteiger partial charge in [0.15, 0.2) is 5.82 Å². The first-order valence-corrected chi connectivity index (χ1v) is 18.5. The van der Waals surface area contributed by atoms with Gasteiger partial charge in [0.2, 0.25) is 21.9 Å². The zero-order valence-corrected chi connectivity index (χ0v) is 29.3. The van der Waals surface area contributed by atoms with E-state index in [0.717, 1.165) is 0 Å². The maximum absolute atomic E-state index is 15.8. The number of piperidine rings is 2. The number of nitrogens with zero attached hydrogens (tertiary/aromatic N) is 7. The highest BCUT2D eigenvalue weighted by atomic mass is 32.2. The fourth-order valence-corrected chi connectivity index (χ4v) is 8.72. The van der Waals surface area contributed by atoms with Crippen LogP contribution in [0.1, 0.15) is 48.3 Å². The Labute approximate surface area is 301 Å². The van der Waals surface area contributed by atoms with E-state index in [1.165, 1.54) is 26.0 Å². The van der Waals surface area contributed by atoms with Gasteiger partial charge < -0.3 is 5.32 Å². The van der Waals surface area contributed by atoms with E-state index in [9.17, 15) is 31.2 Å². The van der Waals surface area contributed by atoms with Gasteiger partial charge in [-0.15, -0.1) is 0 Å². The number of amides is 3. The summed E-state index contributed by atoms with van der Waals surface area (Å²) in [5.41, 5.74) is 0.622. The molecule has 3 aliphatic rings. The number of anilines is 2. The number of aryl methyl sites for hydroxylation is 1. The molecule has 282 valence electrons. The molecule has 53 heavy (non-hydrogen) atoms. The quantitative estimate of drug-likeness (QED) is 0.244. The normalized spacial score (nSPS) is 20.9. The van der Waals surface area contributed by atoms with E-state index in [1.807, 2.05) is 0 Å². The summed E-state index contributed by atoms with van der Waals surface area (Å²) in [6.45, 7) is 0.407. The third-order valence-electron chi connectivity index (χ3n) is 9.96. The minimum Gasteiger partial charge on any atom is -0.351 e. The monoisotopic (exact) mass is 761 g/mol. The Morgan fingerprint density at radius 3 is 2.40 bits per heavy atom. The molecule has 1 unspecified atom stereocenters. The van der Waals surface area contributed by atoms with Crippen LogP contribution in [0.4, 0.5) is 38.5 Å². The number of carbonyl (C=O) groups excluding carboxylic acids is 2. The summed E-state index contributed by atoms with van der Waals surface area (Å²) in [6.07, 6.45) is -2.15. The maximum atomic E-state index is 15.8. The molecule has 1 atom stereocenters. The van der Waals surface area contributed by atoms with Crippen LogP contribution in [0, 0.1) is 0 Å². The van der Waals surface area contributed by atoms with Crippen LogP contribution in [0.3, 0.4) is 0 Å². The summed E-state index contributed by atoms with van der Waals surface area (Å²) in [4.78, 5) is 34.5. The minimum absolute atomic E-state index is 0.0232. The zero-order valence-electron chi connectivity index (χ0n) is 28.5. The summed E-state index contributed by atoms with van der Waals surface area (Å²) >= 11 is 0. The van der Waals surface area contributed by atoms with Crippen molar-refractivity contribution in [3.05, 3.63) is 71.5 Å². The number of carbonyl (C=O) groups is 2. The number of rotatable bonds is 8. The molecule has 19 heteroatoms. The number of alkyl halides is 5. The number of sulfonamides is 1. The predicted octanol–water partition coefficient (Wildman–Crippen LogP) is 4.72. The van der Waals surface area contributed by atoms with Gasteiger partial charge >= 0.3 is 12.2 Å². The molecule has 3 saturated heterocycles. The molecule has 0 spiro atoms. The summed E-state index contributed by atoms with van der Waals surface area (Å²) < 4.78 is 100. The first kappa shape index (κ1) is 36.6. The number of likely N-dealkylation sites (tertiary alicyclic amines) is 1. The van der Waals surface area contributed by atoms with Crippen LogP contribution in [0.15, 0.2) is 59.8 Å². The number of benzene rings is 2. The van der Waals surface area contributed by atoms with Crippen LogP contribution in [0.2, 0.25) is 0 Å². The molecule has 0 aliphatic carbocycles. The Hall–Kier alpha value is -4.75. The van der Waals surface area contributed by atoms with Crippen LogP contribution in [0.5, 0.6) is 0 Å². The Morgan fingerprint density at radius 2 is 1.72 bits per heavy atom. The number of urea groups is 1. The van der Waals surface area contributed by atoms with Gasteiger partial charge in [0.05, 0.1) is 28.4 Å². The van der Waals surface area contributed by atoms with E-state index in [-0.39, 0.29) is 61.8 Å². The summed E-state index contributed by atoms with van der Waals surface area (Å²) in [5, 5.41) is 10.3. The number of nitrogens with one attached hydrogen (secondary N) is 2. The highest BCUT2D eigenvalue weighted by Crippen LogP contribution is 2.42. The van der Waals surface area contributed by atoms with E-state index >= 15 is 8.78 Å². The molecule has 4 aromatic rings. The molecule has 3 amide bonds. The third-order valence-corrected chi connectivity index (χ3v) is 11.8. The van der Waals surface area contributed by atoms with Crippen molar-refractivity contribution in [3.63, 3.8) is 0 Å². The predicted molar refractivity (Wildman–Crippen MR) is 183 cm³/mol. The largest absolute Gasteiger partial charge is 0.419 e. The van der Waals surface area contributed by atoms with Gasteiger partial charge in [0, 0.05) is 63.5 Å². The first-order valence-electron chi connectivity index (χ1n) is 17.0. The van der Waals surface area contributed by atoms with Crippen molar-refractivity contribution in [3.8, 4) is 0 Å². The third kappa shape index (κ3) is 7.54. The number of aromatic nitrogens is 4. The van der Waals surface area contributed by atoms with Crippen molar-refractivity contribution >= 4 is 44.6 Å². The number of fused-ring (bicyclic) bond motifs is 1. The Balaban J connectivity index is 0.970. The zero-order chi connectivity index (χ0) is 37.7. The molecule has 2 N–H and O–H groups in total. The number of hydrogen-bond donors (Lipinski definition) is 2. The van der Waals surface area contributed by atoms with Crippen LogP contribution in [-0.4, -0.2) is 94.0 Å². The van der Waals surface area contributed by atoms with Gasteiger partial charge in [-0.1, -0.05) is 18.2 Å². The second-order valence-corrected chi connectivity index (χ2v) is 15.5. The Morgan fingerprint density at radius 1 is 0.981 bits per heavy atom. The van der Waals surface area contributed by atoms with Crippen molar-refractivity contribution in [1.82, 2.24) is 34.3 Å². The van der Waals surface area contributed by atoms with Crippen LogP contribution < -0.4 is 15.5 Å². The lowest BCUT2D eigenvalue weighted by molar-refractivity contribution is -0.138. The molecule has 2 aromatic carbocycles. The van der Waals surface area contributed by atoms with E-state index in [2.05, 4.69) is 25.7 Å². The van der Waals surface area contributed by atoms with Crippen LogP contribution >= 0.6 is 0 Å². The molecule has 0 saturated carbocycles. The Kier molecular flexibility index (Phi) is 9.60. The maximum Gasteiger partial charge on any atom is 0.419 e. The topological polar surface area (TPSA) is 146 Å². The highest BCUT2D eigenvalue weighted by Gasteiger charge is 2.45. The molecule has 3 fully saturated rings. The van der Waals surface area contributed by atoms with Crippen LogP contribution in [0.25, 0.3) is 10.9 Å². The summed E-state index contributed by atoms with van der Waals surface area (Å²) in [6, 6.07) is 10.4. The fraction of sp³-hybridized carbons (Fsp3) is 0.441. The number of imide groups is 1. The van der Waals surface area contributed by atoms with Crippen molar-refractivity contribution in [1.29, 1.82) is 0 Å². The van der Waals surface area contributed by atoms with Crippen LogP contribution in [-0.2, 0) is 34.6 Å². The van der Waals surface area contributed by atoms with E-state index in [4.69, 9.17) is 0 Å². The van der Waals surface area contributed by atoms with Crippen molar-refractivity contribution in [2.45, 2.75) is 61.2 Å². The lowest BCUT2D eigenvalue weighted by Gasteiger charge is -2.38.